The summed E-state index contributed by atoms with van der Waals surface area (Å²) in [4.78, 5) is 19.7. The fourth-order valence-corrected chi connectivity index (χ4v) is 3.41. The average Bonchev–Trinajstić information content (AvgIpc) is 3.31. The predicted molar refractivity (Wildman–Crippen MR) is 92.6 cm³/mol. The van der Waals surface area contributed by atoms with Crippen LogP contribution in [0.2, 0.25) is 0 Å². The highest BCUT2D eigenvalue weighted by molar-refractivity contribution is 6.07. The summed E-state index contributed by atoms with van der Waals surface area (Å²) < 4.78 is 5.46. The summed E-state index contributed by atoms with van der Waals surface area (Å²) in [5.74, 6) is 0.681. The number of aromatic nitrogens is 1. The van der Waals surface area contributed by atoms with Gasteiger partial charge in [0.15, 0.2) is 5.76 Å². The van der Waals surface area contributed by atoms with Gasteiger partial charge in [0.1, 0.15) is 5.69 Å². The minimum absolute atomic E-state index is 0.0226. The first kappa shape index (κ1) is 14.9. The van der Waals surface area contributed by atoms with Gasteiger partial charge in [-0.2, -0.15) is 0 Å². The third-order valence-corrected chi connectivity index (χ3v) is 4.63. The maximum atomic E-state index is 13.2. The standard InChI is InChI=1S/C19H19N3O2/c20-12-13-5-3-9-22(13)19(23)15-11-17(18-8-4-10-24-18)21-16-7-2-1-6-14(15)16/h1-2,4,6-8,10-11,13H,3,5,9,12,20H2. The van der Waals surface area contributed by atoms with E-state index in [-0.39, 0.29) is 11.9 Å². The second-order valence-corrected chi connectivity index (χ2v) is 6.08. The Hall–Kier alpha value is -2.66. The molecule has 1 unspecified atom stereocenters. The van der Waals surface area contributed by atoms with Crippen LogP contribution >= 0.6 is 0 Å². The van der Waals surface area contributed by atoms with Crippen molar-refractivity contribution in [3.8, 4) is 11.5 Å². The molecule has 1 aliphatic rings. The zero-order valence-electron chi connectivity index (χ0n) is 13.3. The van der Waals surface area contributed by atoms with E-state index < -0.39 is 0 Å². The van der Waals surface area contributed by atoms with E-state index >= 15 is 0 Å². The Bertz CT molecular complexity index is 873. The van der Waals surface area contributed by atoms with Gasteiger partial charge in [-0.1, -0.05) is 18.2 Å². The van der Waals surface area contributed by atoms with Crippen molar-refractivity contribution in [2.75, 3.05) is 13.1 Å². The summed E-state index contributed by atoms with van der Waals surface area (Å²) in [6, 6.07) is 13.3. The molecule has 1 atom stereocenters. The Labute approximate surface area is 140 Å². The summed E-state index contributed by atoms with van der Waals surface area (Å²) >= 11 is 0. The first-order chi connectivity index (χ1) is 11.8. The van der Waals surface area contributed by atoms with Gasteiger partial charge >= 0.3 is 0 Å². The summed E-state index contributed by atoms with van der Waals surface area (Å²) in [5.41, 5.74) is 7.96. The molecule has 1 fully saturated rings. The van der Waals surface area contributed by atoms with Crippen molar-refractivity contribution < 1.29 is 9.21 Å². The van der Waals surface area contributed by atoms with Crippen LogP contribution < -0.4 is 5.73 Å². The minimum atomic E-state index is 0.0226. The number of rotatable bonds is 3. The lowest BCUT2D eigenvalue weighted by atomic mass is 10.0. The third-order valence-electron chi connectivity index (χ3n) is 4.63. The molecule has 0 saturated carbocycles. The van der Waals surface area contributed by atoms with Crippen LogP contribution in [-0.2, 0) is 0 Å². The monoisotopic (exact) mass is 321 g/mol. The van der Waals surface area contributed by atoms with E-state index in [0.717, 1.165) is 30.3 Å². The number of para-hydroxylation sites is 1. The van der Waals surface area contributed by atoms with Crippen LogP contribution in [0.25, 0.3) is 22.4 Å². The number of amides is 1. The number of likely N-dealkylation sites (tertiary alicyclic amines) is 1. The SMILES string of the molecule is NCC1CCCN1C(=O)c1cc(-c2ccco2)nc2ccccc12. The van der Waals surface area contributed by atoms with Gasteiger partial charge in [-0.3, -0.25) is 4.79 Å². The number of benzene rings is 1. The minimum Gasteiger partial charge on any atom is -0.463 e. The molecule has 3 aromatic rings. The Morgan fingerprint density at radius 1 is 1.29 bits per heavy atom. The Balaban J connectivity index is 1.85. The fraction of sp³-hybridized carbons (Fsp3) is 0.263. The van der Waals surface area contributed by atoms with Gasteiger partial charge in [0, 0.05) is 24.5 Å². The van der Waals surface area contributed by atoms with Crippen molar-refractivity contribution in [3.63, 3.8) is 0 Å². The number of hydrogen-bond donors (Lipinski definition) is 1. The van der Waals surface area contributed by atoms with Gasteiger partial charge in [0.25, 0.3) is 5.91 Å². The molecule has 1 amide bonds. The van der Waals surface area contributed by atoms with E-state index in [1.165, 1.54) is 0 Å². The van der Waals surface area contributed by atoms with E-state index in [4.69, 9.17) is 10.2 Å². The van der Waals surface area contributed by atoms with Crippen LogP contribution in [0.5, 0.6) is 0 Å². The molecular formula is C19H19N3O2. The highest BCUT2D eigenvalue weighted by Gasteiger charge is 2.29. The molecule has 0 aliphatic carbocycles. The molecule has 1 saturated heterocycles. The lowest BCUT2D eigenvalue weighted by molar-refractivity contribution is 0.0743. The second kappa shape index (κ2) is 6.09. The highest BCUT2D eigenvalue weighted by atomic mass is 16.3. The zero-order chi connectivity index (χ0) is 16.5. The summed E-state index contributed by atoms with van der Waals surface area (Å²) in [7, 11) is 0. The van der Waals surface area contributed by atoms with E-state index in [1.54, 1.807) is 6.26 Å². The molecule has 24 heavy (non-hydrogen) atoms. The van der Waals surface area contributed by atoms with Crippen molar-refractivity contribution in [3.05, 3.63) is 54.3 Å². The van der Waals surface area contributed by atoms with Crippen molar-refractivity contribution in [1.29, 1.82) is 0 Å². The molecule has 0 spiro atoms. The number of furan rings is 1. The zero-order valence-corrected chi connectivity index (χ0v) is 13.3. The summed E-state index contributed by atoms with van der Waals surface area (Å²) in [6.07, 6.45) is 3.58. The Kier molecular flexibility index (Phi) is 3.78. The maximum Gasteiger partial charge on any atom is 0.254 e. The van der Waals surface area contributed by atoms with Crippen molar-refractivity contribution in [2.24, 2.45) is 5.73 Å². The molecule has 0 bridgehead atoms. The van der Waals surface area contributed by atoms with E-state index in [0.29, 0.717) is 23.6 Å². The van der Waals surface area contributed by atoms with Crippen LogP contribution in [0.15, 0.2) is 53.1 Å². The van der Waals surface area contributed by atoms with Crippen LogP contribution in [-0.4, -0.2) is 34.9 Å². The molecule has 122 valence electrons. The van der Waals surface area contributed by atoms with Gasteiger partial charge in [0.05, 0.1) is 17.3 Å². The number of fused-ring (bicyclic) bond motifs is 1. The molecule has 5 heteroatoms. The van der Waals surface area contributed by atoms with E-state index in [1.807, 2.05) is 47.4 Å². The predicted octanol–water partition coefficient (Wildman–Crippen LogP) is 3.06. The molecule has 4 rings (SSSR count). The number of carbonyl (C=O) groups is 1. The molecular weight excluding hydrogens is 302 g/mol. The number of pyridine rings is 1. The summed E-state index contributed by atoms with van der Waals surface area (Å²) in [5, 5.41) is 0.862. The van der Waals surface area contributed by atoms with Crippen LogP contribution in [0.4, 0.5) is 0 Å². The molecule has 2 aromatic heterocycles. The van der Waals surface area contributed by atoms with Crippen LogP contribution in [0.3, 0.4) is 0 Å². The molecule has 1 aliphatic heterocycles. The van der Waals surface area contributed by atoms with Crippen molar-refractivity contribution >= 4 is 16.8 Å². The number of carbonyl (C=O) groups excluding carboxylic acids is 1. The second-order valence-electron chi connectivity index (χ2n) is 6.08. The van der Waals surface area contributed by atoms with Gasteiger partial charge in [-0.05, 0) is 37.1 Å². The van der Waals surface area contributed by atoms with E-state index in [2.05, 4.69) is 4.98 Å². The van der Waals surface area contributed by atoms with Crippen LogP contribution in [0.1, 0.15) is 23.2 Å². The first-order valence-corrected chi connectivity index (χ1v) is 8.22. The van der Waals surface area contributed by atoms with Crippen molar-refractivity contribution in [2.45, 2.75) is 18.9 Å². The smallest absolute Gasteiger partial charge is 0.254 e. The molecule has 1 aromatic carbocycles. The van der Waals surface area contributed by atoms with Gasteiger partial charge in [-0.25, -0.2) is 4.98 Å². The fourth-order valence-electron chi connectivity index (χ4n) is 3.41. The number of nitrogens with zero attached hydrogens (tertiary/aromatic N) is 2. The molecule has 5 nitrogen and oxygen atoms in total. The number of nitrogens with two attached hydrogens (primary N) is 1. The highest BCUT2D eigenvalue weighted by Crippen LogP contribution is 2.28. The Morgan fingerprint density at radius 2 is 2.17 bits per heavy atom. The topological polar surface area (TPSA) is 72.4 Å². The molecule has 3 heterocycles. The largest absolute Gasteiger partial charge is 0.463 e. The third kappa shape index (κ3) is 2.47. The summed E-state index contributed by atoms with van der Waals surface area (Å²) in [6.45, 7) is 1.26. The van der Waals surface area contributed by atoms with Gasteiger partial charge in [0.2, 0.25) is 0 Å². The van der Waals surface area contributed by atoms with E-state index in [9.17, 15) is 4.79 Å². The lowest BCUT2D eigenvalue weighted by Gasteiger charge is -2.24. The van der Waals surface area contributed by atoms with Gasteiger partial charge < -0.3 is 15.1 Å². The quantitative estimate of drug-likeness (QED) is 0.804. The normalized spacial score (nSPS) is 17.5. The van der Waals surface area contributed by atoms with Crippen LogP contribution in [0, 0.1) is 0 Å². The van der Waals surface area contributed by atoms with Gasteiger partial charge in [-0.15, -0.1) is 0 Å². The van der Waals surface area contributed by atoms with Crippen molar-refractivity contribution in [1.82, 2.24) is 9.88 Å². The number of hydrogen-bond acceptors (Lipinski definition) is 4. The molecule has 2 N–H and O–H groups in total. The lowest BCUT2D eigenvalue weighted by Crippen LogP contribution is -2.40. The first-order valence-electron chi connectivity index (χ1n) is 8.22. The molecule has 0 radical (unpaired) electrons. The maximum absolute atomic E-state index is 13.2. The Morgan fingerprint density at radius 3 is 2.96 bits per heavy atom. The average molecular weight is 321 g/mol.